The fourth-order valence-electron chi connectivity index (χ4n) is 11.4. The van der Waals surface area contributed by atoms with E-state index in [9.17, 15) is 29.7 Å². The highest BCUT2D eigenvalue weighted by Gasteiger charge is 2.56. The predicted octanol–water partition coefficient (Wildman–Crippen LogP) is 6.31. The molecule has 3 aliphatic carbocycles. The van der Waals surface area contributed by atoms with Crippen LogP contribution in [0.5, 0.6) is 5.75 Å². The molecular weight excluding hydrogens is 873 g/mol. The molecule has 67 heavy (non-hydrogen) atoms. The van der Waals surface area contributed by atoms with Crippen molar-refractivity contribution in [1.82, 2.24) is 20.5 Å². The number of nitrogens with zero attached hydrogens (tertiary/aromatic N) is 2. The number of carbonyl (C=O) groups excluding carboxylic acids is 3. The molecule has 7 rings (SSSR count). The number of aromatic hydroxyl groups is 1. The number of thiazole rings is 1. The van der Waals surface area contributed by atoms with Gasteiger partial charge in [-0.1, -0.05) is 64.4 Å². The molecule has 3 fully saturated rings. The van der Waals surface area contributed by atoms with E-state index in [4.69, 9.17) is 18.9 Å². The molecule has 1 unspecified atom stereocenters. The Bertz CT molecular complexity index is 2110. The number of nitrogens with one attached hydrogen (secondary N) is 2. The number of aromatic nitrogens is 1. The van der Waals surface area contributed by atoms with Gasteiger partial charge in [0.1, 0.15) is 24.4 Å². The molecule has 2 aromatic carbocycles. The summed E-state index contributed by atoms with van der Waals surface area (Å²) in [4.78, 5) is 47.1. The lowest BCUT2D eigenvalue weighted by Gasteiger charge is -2.53. The SMILES string of the molecule is Cc1ncsc1-c1ccc(CNC(=O)[C@@H]2C[C@@H](O)CN2C(=O)C(NC(=O)COCCOCCOCCOCCCC[C@@H]2Cc3cc(O)ccc3[C@H]3CC[C@]4(C)[C@@H](O)CC[C@H]4[C@H]23)C(C)(C)C)cc1. The van der Waals surface area contributed by atoms with Crippen molar-refractivity contribution in [3.63, 3.8) is 0 Å². The number of likely N-dealkylation sites (tertiary alicyclic amines) is 1. The van der Waals surface area contributed by atoms with Gasteiger partial charge in [0.15, 0.2) is 0 Å². The van der Waals surface area contributed by atoms with Gasteiger partial charge in [-0.2, -0.15) is 0 Å². The smallest absolute Gasteiger partial charge is 0.246 e. The monoisotopic (exact) mass is 947 g/mol. The zero-order valence-electron chi connectivity index (χ0n) is 40.2. The average molecular weight is 947 g/mol. The van der Waals surface area contributed by atoms with E-state index in [0.29, 0.717) is 62.5 Å². The number of aliphatic hydroxyl groups is 2. The number of aliphatic hydroxyl groups excluding tert-OH is 2. The second-order valence-corrected chi connectivity index (χ2v) is 21.5. The lowest BCUT2D eigenvalue weighted by Crippen LogP contribution is -2.58. The number of amides is 3. The molecule has 0 spiro atoms. The Labute approximate surface area is 400 Å². The van der Waals surface area contributed by atoms with Gasteiger partial charge >= 0.3 is 0 Å². The fourth-order valence-corrected chi connectivity index (χ4v) is 12.3. The second kappa shape index (κ2) is 23.1. The number of rotatable bonds is 22. The van der Waals surface area contributed by atoms with Gasteiger partial charge in [0.05, 0.1) is 67.9 Å². The number of benzene rings is 2. The van der Waals surface area contributed by atoms with Crippen LogP contribution in [0, 0.1) is 35.5 Å². The molecule has 0 radical (unpaired) electrons. The first-order chi connectivity index (χ1) is 32.1. The van der Waals surface area contributed by atoms with Gasteiger partial charge in [-0.25, -0.2) is 4.98 Å². The molecule has 5 N–H and O–H groups in total. The van der Waals surface area contributed by atoms with Crippen LogP contribution in [0.25, 0.3) is 10.4 Å². The van der Waals surface area contributed by atoms with Gasteiger partial charge in [-0.15, -0.1) is 11.3 Å². The van der Waals surface area contributed by atoms with E-state index in [0.717, 1.165) is 73.1 Å². The topological polar surface area (TPSA) is 189 Å². The number of aryl methyl sites for hydroxylation is 1. The van der Waals surface area contributed by atoms with Gasteiger partial charge in [0, 0.05) is 26.1 Å². The Morgan fingerprint density at radius 2 is 1.63 bits per heavy atom. The third kappa shape index (κ3) is 12.6. The van der Waals surface area contributed by atoms with Crippen molar-refractivity contribution in [2.45, 2.75) is 129 Å². The van der Waals surface area contributed by atoms with Crippen molar-refractivity contribution in [3.8, 4) is 16.2 Å². The first-order valence-electron chi connectivity index (χ1n) is 24.5. The van der Waals surface area contributed by atoms with Crippen LogP contribution in [-0.4, -0.2) is 127 Å². The minimum absolute atomic E-state index is 0.00744. The molecule has 9 atom stereocenters. The highest BCUT2D eigenvalue weighted by molar-refractivity contribution is 7.13. The number of hydrogen-bond donors (Lipinski definition) is 5. The third-order valence-electron chi connectivity index (χ3n) is 15.0. The van der Waals surface area contributed by atoms with E-state index >= 15 is 0 Å². The van der Waals surface area contributed by atoms with Crippen LogP contribution in [0.1, 0.15) is 107 Å². The molecular formula is C52H74N4O10S. The zero-order valence-corrected chi connectivity index (χ0v) is 41.0. The standard InChI is InChI=1S/C52H74N4O10S/c1-33-47(67-32-54-33)35-11-9-34(10-12-35)29-53-49(61)43-28-39(58)30-56(43)50(62)48(51(2,3)4)55-45(60)31-66-25-24-65-23-22-64-21-20-63-19-7-6-8-36-26-37-27-38(57)13-14-40(37)41-17-18-52(5)42(46(36)41)15-16-44(52)59/h9-14,27,32,36,39,41-44,46,48,57-59H,6-8,15-26,28-31H2,1-5H3,(H,53,61)(H,55,60)/t36-,39-,41-,42+,43+,44+,46-,48?,52+/m1/s1. The van der Waals surface area contributed by atoms with Crippen molar-refractivity contribution < 1.29 is 48.7 Å². The summed E-state index contributed by atoms with van der Waals surface area (Å²) in [5, 5.41) is 37.5. The molecule has 1 saturated heterocycles. The second-order valence-electron chi connectivity index (χ2n) is 20.6. The summed E-state index contributed by atoms with van der Waals surface area (Å²) in [6.45, 7) is 12.7. The number of hydrogen-bond acceptors (Lipinski definition) is 12. The number of phenolic OH excluding ortho intramolecular Hbond substituents is 1. The van der Waals surface area contributed by atoms with Crippen LogP contribution in [0.2, 0.25) is 0 Å². The molecule has 0 bridgehead atoms. The highest BCUT2D eigenvalue weighted by Crippen LogP contribution is 2.62. The summed E-state index contributed by atoms with van der Waals surface area (Å²) in [6, 6.07) is 12.0. The van der Waals surface area contributed by atoms with Gasteiger partial charge in [-0.3, -0.25) is 14.4 Å². The molecule has 3 amide bonds. The number of ether oxygens (including phenoxy) is 4. The third-order valence-corrected chi connectivity index (χ3v) is 16.0. The number of carbonyl (C=O) groups is 3. The van der Waals surface area contributed by atoms with E-state index in [1.807, 2.05) is 69.6 Å². The average Bonchev–Trinajstić information content (AvgIpc) is 4.00. The van der Waals surface area contributed by atoms with E-state index in [1.165, 1.54) is 16.0 Å². The number of unbranched alkanes of at least 4 members (excludes halogenated alkanes) is 1. The predicted molar refractivity (Wildman–Crippen MR) is 256 cm³/mol. The van der Waals surface area contributed by atoms with Crippen molar-refractivity contribution >= 4 is 29.1 Å². The van der Waals surface area contributed by atoms with Crippen molar-refractivity contribution in [2.24, 2.45) is 28.6 Å². The number of phenols is 1. The maximum atomic E-state index is 13.9. The lowest BCUT2D eigenvalue weighted by molar-refractivity contribution is -0.144. The van der Waals surface area contributed by atoms with Crippen LogP contribution < -0.4 is 10.6 Å². The lowest BCUT2D eigenvalue weighted by atomic mass is 9.52. The molecule has 2 heterocycles. The van der Waals surface area contributed by atoms with Gasteiger partial charge < -0.3 is 49.8 Å². The van der Waals surface area contributed by atoms with Crippen LogP contribution in [0.15, 0.2) is 48.0 Å². The maximum absolute atomic E-state index is 13.9. The van der Waals surface area contributed by atoms with Crippen LogP contribution in [0.3, 0.4) is 0 Å². The Morgan fingerprint density at radius 3 is 2.31 bits per heavy atom. The van der Waals surface area contributed by atoms with Gasteiger partial charge in [0.2, 0.25) is 17.7 Å². The minimum atomic E-state index is -0.953. The first kappa shape index (κ1) is 50.9. The summed E-state index contributed by atoms with van der Waals surface area (Å²) in [5.41, 5.74) is 6.79. The maximum Gasteiger partial charge on any atom is 0.246 e. The molecule has 1 aliphatic heterocycles. The molecule has 14 nitrogen and oxygen atoms in total. The van der Waals surface area contributed by atoms with Crippen LogP contribution in [0.4, 0.5) is 0 Å². The van der Waals surface area contributed by atoms with Crippen molar-refractivity contribution in [2.75, 3.05) is 59.4 Å². The summed E-state index contributed by atoms with van der Waals surface area (Å²) in [5.74, 6) is 1.27. The van der Waals surface area contributed by atoms with Crippen LogP contribution in [-0.2, 0) is 46.3 Å². The summed E-state index contributed by atoms with van der Waals surface area (Å²) in [6.07, 6.45) is 7.43. The molecule has 15 heteroatoms. The quantitative estimate of drug-likeness (QED) is 0.0710. The Kier molecular flexibility index (Phi) is 17.5. The Hall–Kier alpha value is -3.96. The molecule has 3 aromatic rings. The van der Waals surface area contributed by atoms with Crippen molar-refractivity contribution in [3.05, 3.63) is 70.4 Å². The zero-order chi connectivity index (χ0) is 47.7. The van der Waals surface area contributed by atoms with E-state index in [2.05, 4.69) is 28.6 Å². The first-order valence-corrected chi connectivity index (χ1v) is 25.4. The molecule has 2 saturated carbocycles. The molecule has 1 aromatic heterocycles. The van der Waals surface area contributed by atoms with Crippen molar-refractivity contribution in [1.29, 1.82) is 0 Å². The van der Waals surface area contributed by atoms with E-state index in [1.54, 1.807) is 11.3 Å². The largest absolute Gasteiger partial charge is 0.508 e. The number of β-amino-alcohol motifs (C(OH)–C–C–N with tert-alkyl or cyclic N) is 1. The number of fused-ring (bicyclic) bond motifs is 5. The Morgan fingerprint density at radius 1 is 0.925 bits per heavy atom. The van der Waals surface area contributed by atoms with E-state index in [-0.39, 0.29) is 56.8 Å². The fraction of sp³-hybridized carbons (Fsp3) is 0.654. The summed E-state index contributed by atoms with van der Waals surface area (Å²) in [7, 11) is 0. The molecule has 368 valence electrons. The van der Waals surface area contributed by atoms with E-state index < -0.39 is 35.4 Å². The minimum Gasteiger partial charge on any atom is -0.508 e. The van der Waals surface area contributed by atoms with Gasteiger partial charge in [0.25, 0.3) is 0 Å². The Balaban J connectivity index is 0.734. The van der Waals surface area contributed by atoms with Crippen LogP contribution >= 0.6 is 11.3 Å². The van der Waals surface area contributed by atoms with Gasteiger partial charge in [-0.05, 0) is 121 Å². The summed E-state index contributed by atoms with van der Waals surface area (Å²) < 4.78 is 22.8. The molecule has 4 aliphatic rings. The normalized spacial score (nSPS) is 26.1. The summed E-state index contributed by atoms with van der Waals surface area (Å²) >= 11 is 1.58. The highest BCUT2D eigenvalue weighted by atomic mass is 32.1.